The van der Waals surface area contributed by atoms with E-state index in [1.165, 1.54) is 25.1 Å². The summed E-state index contributed by atoms with van der Waals surface area (Å²) in [5.74, 6) is -3.44. The molecule has 3 aromatic carbocycles. The molecule has 8 rings (SSSR count). The third kappa shape index (κ3) is 7.29. The van der Waals surface area contributed by atoms with E-state index in [2.05, 4.69) is 83.6 Å². The lowest BCUT2D eigenvalue weighted by molar-refractivity contribution is -0.239. The van der Waals surface area contributed by atoms with Crippen molar-refractivity contribution in [3.8, 4) is 4.90 Å². The molecule has 4 bridgehead atoms. The van der Waals surface area contributed by atoms with Crippen LogP contribution in [-0.2, 0) is 29.2 Å². The second-order valence-corrected chi connectivity index (χ2v) is 18.2. The first-order valence-electron chi connectivity index (χ1n) is 16.9. The van der Waals surface area contributed by atoms with Gasteiger partial charge in [-0.15, -0.1) is 0 Å². The lowest BCUT2D eigenvalue weighted by Crippen LogP contribution is -2.61. The van der Waals surface area contributed by atoms with Crippen molar-refractivity contribution >= 4 is 52.7 Å². The molecule has 268 valence electrons. The van der Waals surface area contributed by atoms with E-state index in [-0.39, 0.29) is 28.7 Å². The Morgan fingerprint density at radius 2 is 1.40 bits per heavy atom. The van der Waals surface area contributed by atoms with E-state index in [1.54, 1.807) is 13.8 Å². The first kappa shape index (κ1) is 36.3. The van der Waals surface area contributed by atoms with E-state index in [1.807, 2.05) is 6.92 Å². The maximum Gasteiger partial charge on any atom is 0.426 e. The van der Waals surface area contributed by atoms with Crippen molar-refractivity contribution < 1.29 is 45.2 Å². The van der Waals surface area contributed by atoms with Crippen LogP contribution in [0.5, 0.6) is 0 Å². The van der Waals surface area contributed by atoms with Crippen molar-refractivity contribution in [2.45, 2.75) is 83.6 Å². The second kappa shape index (κ2) is 13.2. The van der Waals surface area contributed by atoms with Gasteiger partial charge in [0.15, 0.2) is 14.3 Å². The molecule has 1 aromatic heterocycles. The fourth-order valence-corrected chi connectivity index (χ4v) is 11.3. The summed E-state index contributed by atoms with van der Waals surface area (Å²) >= 11 is 0. The number of hydrogen-bond acceptors (Lipinski definition) is 7. The standard InChI is InChI=1S/C20H29F3O7S.C18H13S/c1-4-17(2,3)15(24)30-19-8-12-5-13(9-19)7-18(6-12,11-19)16(25)29-14(20(21,22)23)10-31(26,27)28;1-2-8-14(9-3-1)19-17-12-6-4-10-15(17)16-11-5-7-13-18(16)19/h12-14H,4-11H2,1-3H3,(H,26,27,28);1-13H/q;+1/p-1. The van der Waals surface area contributed by atoms with E-state index in [0.29, 0.717) is 32.1 Å². The zero-order chi connectivity index (χ0) is 36.1. The number of hydrogen-bond donors (Lipinski definition) is 0. The molecule has 4 saturated carbocycles. The van der Waals surface area contributed by atoms with Crippen LogP contribution in [0.25, 0.3) is 25.1 Å². The van der Waals surface area contributed by atoms with Crippen LogP contribution in [0.1, 0.15) is 65.7 Å². The lowest BCUT2D eigenvalue weighted by atomic mass is 9.48. The number of carbonyl (C=O) groups excluding carboxylic acids is 2. The van der Waals surface area contributed by atoms with Crippen LogP contribution in [0.2, 0.25) is 0 Å². The SMILES string of the molecule is CCC(C)(C)C(=O)OC12CC3CC(C1)CC(C(=O)OC(CS(=O)(=O)[O-])C(F)(F)F)(C3)C2.c1ccc(-[s+]2c3ccccc3c3ccccc32)cc1. The first-order chi connectivity index (χ1) is 23.4. The Morgan fingerprint density at radius 3 is 1.90 bits per heavy atom. The zero-order valence-corrected chi connectivity index (χ0v) is 29.8. The Labute approximate surface area is 292 Å². The van der Waals surface area contributed by atoms with Gasteiger partial charge in [-0.2, -0.15) is 13.2 Å². The van der Waals surface area contributed by atoms with E-state index < -0.39 is 56.5 Å². The minimum atomic E-state index is -5.27. The minimum Gasteiger partial charge on any atom is -0.748 e. The molecule has 3 atom stereocenters. The number of benzene rings is 3. The number of halogens is 3. The Hall–Kier alpha value is -3.48. The van der Waals surface area contributed by atoms with Crippen LogP contribution in [0.4, 0.5) is 13.2 Å². The van der Waals surface area contributed by atoms with Crippen LogP contribution in [-0.4, -0.2) is 48.5 Å². The van der Waals surface area contributed by atoms with Gasteiger partial charge in [0.2, 0.25) is 6.10 Å². The number of carbonyl (C=O) groups is 2. The molecule has 4 aliphatic carbocycles. The summed E-state index contributed by atoms with van der Waals surface area (Å²) in [6, 6.07) is 28.4. The number of rotatable bonds is 8. The summed E-state index contributed by atoms with van der Waals surface area (Å²) in [4.78, 5) is 27.1. The molecule has 0 saturated heterocycles. The molecule has 0 N–H and O–H groups in total. The quantitative estimate of drug-likeness (QED) is 0.101. The molecule has 3 unspecified atom stereocenters. The molecule has 50 heavy (non-hydrogen) atoms. The topological polar surface area (TPSA) is 110 Å². The monoisotopic (exact) mass is 730 g/mol. The van der Waals surface area contributed by atoms with Gasteiger partial charge in [-0.1, -0.05) is 49.4 Å². The molecule has 4 fully saturated rings. The van der Waals surface area contributed by atoms with Crippen molar-refractivity contribution in [1.29, 1.82) is 0 Å². The summed E-state index contributed by atoms with van der Waals surface area (Å²) in [5.41, 5.74) is -2.96. The summed E-state index contributed by atoms with van der Waals surface area (Å²) < 4.78 is 85.9. The fraction of sp³-hybridized carbons (Fsp3) is 0.474. The Balaban J connectivity index is 0.000000192. The molecule has 7 nitrogen and oxygen atoms in total. The number of fused-ring (bicyclic) bond motifs is 3. The third-order valence-electron chi connectivity index (χ3n) is 10.6. The van der Waals surface area contributed by atoms with Gasteiger partial charge < -0.3 is 14.0 Å². The second-order valence-electron chi connectivity index (χ2n) is 14.8. The van der Waals surface area contributed by atoms with Crippen LogP contribution in [0, 0.1) is 22.7 Å². The Kier molecular flexibility index (Phi) is 9.62. The molecule has 0 spiro atoms. The number of thiophene rings is 1. The smallest absolute Gasteiger partial charge is 0.426 e. The molecule has 4 aliphatic rings. The van der Waals surface area contributed by atoms with Gasteiger partial charge in [0.25, 0.3) is 0 Å². The number of alkyl halides is 3. The average molecular weight is 731 g/mol. The van der Waals surface area contributed by atoms with E-state index in [9.17, 15) is 35.7 Å². The summed E-state index contributed by atoms with van der Waals surface area (Å²) in [5, 5.41) is 2.79. The highest BCUT2D eigenvalue weighted by molar-refractivity contribution is 7.85. The summed E-state index contributed by atoms with van der Waals surface area (Å²) in [6.45, 7) is 5.34. The van der Waals surface area contributed by atoms with Crippen LogP contribution >= 0.6 is 10.5 Å². The molecular formula is C38H41F3O7S2. The van der Waals surface area contributed by atoms with E-state index in [4.69, 9.17) is 4.74 Å². The van der Waals surface area contributed by atoms with Crippen LogP contribution in [0.3, 0.4) is 0 Å². The van der Waals surface area contributed by atoms with Gasteiger partial charge in [0.1, 0.15) is 5.60 Å². The van der Waals surface area contributed by atoms with Gasteiger partial charge in [0.05, 0.1) is 26.7 Å². The zero-order valence-electron chi connectivity index (χ0n) is 28.2. The largest absolute Gasteiger partial charge is 0.748 e. The highest BCUT2D eigenvalue weighted by Gasteiger charge is 2.64. The van der Waals surface area contributed by atoms with Crippen LogP contribution in [0.15, 0.2) is 78.9 Å². The van der Waals surface area contributed by atoms with E-state index in [0.717, 1.165) is 6.42 Å². The van der Waals surface area contributed by atoms with Gasteiger partial charge in [-0.05, 0) is 101 Å². The van der Waals surface area contributed by atoms with Crippen molar-refractivity contribution in [2.75, 3.05) is 5.75 Å². The molecule has 0 aliphatic heterocycles. The molecule has 1 heterocycles. The summed E-state index contributed by atoms with van der Waals surface area (Å²) in [7, 11) is -5.21. The predicted molar refractivity (Wildman–Crippen MR) is 186 cm³/mol. The lowest BCUT2D eigenvalue weighted by Gasteiger charge is -2.60. The number of esters is 2. The van der Waals surface area contributed by atoms with Gasteiger partial charge in [0, 0.05) is 27.7 Å². The van der Waals surface area contributed by atoms with E-state index >= 15 is 0 Å². The third-order valence-corrected chi connectivity index (χ3v) is 13.7. The molecule has 0 radical (unpaired) electrons. The van der Waals surface area contributed by atoms with Crippen LogP contribution < -0.4 is 0 Å². The fourth-order valence-electron chi connectivity index (χ4n) is 8.31. The Morgan fingerprint density at radius 1 is 0.880 bits per heavy atom. The molecule has 0 amide bonds. The number of ether oxygens (including phenoxy) is 2. The Bertz CT molecular complexity index is 1940. The summed E-state index contributed by atoms with van der Waals surface area (Å²) in [6.07, 6.45) is -5.14. The highest BCUT2D eigenvalue weighted by Crippen LogP contribution is 2.63. The molecule has 4 aromatic rings. The average Bonchev–Trinajstić information content (AvgIpc) is 3.38. The van der Waals surface area contributed by atoms with Gasteiger partial charge in [-0.3, -0.25) is 9.59 Å². The molecular weight excluding hydrogens is 690 g/mol. The minimum absolute atomic E-state index is 0.00100. The predicted octanol–water partition coefficient (Wildman–Crippen LogP) is 9.06. The van der Waals surface area contributed by atoms with Gasteiger partial charge >= 0.3 is 18.1 Å². The highest BCUT2D eigenvalue weighted by atomic mass is 32.2. The normalized spacial score (nSPS) is 25.2. The molecule has 12 heteroatoms. The first-order valence-corrected chi connectivity index (χ1v) is 19.7. The maximum atomic E-state index is 13.3. The van der Waals surface area contributed by atoms with Crippen molar-refractivity contribution in [3.05, 3.63) is 78.9 Å². The maximum absolute atomic E-state index is 13.3. The van der Waals surface area contributed by atoms with Crippen molar-refractivity contribution in [2.24, 2.45) is 22.7 Å². The van der Waals surface area contributed by atoms with Crippen molar-refractivity contribution in [1.82, 2.24) is 0 Å². The van der Waals surface area contributed by atoms with Crippen molar-refractivity contribution in [3.63, 3.8) is 0 Å². The van der Waals surface area contributed by atoms with Gasteiger partial charge in [-0.25, -0.2) is 8.42 Å².